The first-order chi connectivity index (χ1) is 7.13. The summed E-state index contributed by atoms with van der Waals surface area (Å²) < 4.78 is 5.75. The molecule has 1 N–H and O–H groups in total. The first-order valence-corrected chi connectivity index (χ1v) is 6.14. The Balaban J connectivity index is 2.21. The van der Waals surface area contributed by atoms with Gasteiger partial charge >= 0.3 is 0 Å². The van der Waals surface area contributed by atoms with E-state index >= 15 is 0 Å². The van der Waals surface area contributed by atoms with Crippen molar-refractivity contribution in [3.05, 3.63) is 10.0 Å². The lowest BCUT2D eigenvalue weighted by Gasteiger charge is -2.37. The van der Waals surface area contributed by atoms with E-state index in [1.54, 1.807) is 11.3 Å². The van der Waals surface area contributed by atoms with Crippen LogP contribution in [0.3, 0.4) is 0 Å². The van der Waals surface area contributed by atoms with Crippen LogP contribution in [0, 0.1) is 0 Å². The van der Waals surface area contributed by atoms with Crippen LogP contribution in [0.2, 0.25) is 0 Å². The van der Waals surface area contributed by atoms with Crippen molar-refractivity contribution >= 4 is 11.3 Å². The van der Waals surface area contributed by atoms with E-state index in [1.165, 1.54) is 0 Å². The van der Waals surface area contributed by atoms with Gasteiger partial charge in [0.25, 0.3) is 0 Å². The highest BCUT2D eigenvalue weighted by molar-refractivity contribution is 7.11. The maximum absolute atomic E-state index is 5.75. The fourth-order valence-corrected chi connectivity index (χ4v) is 2.79. The molecule has 15 heavy (non-hydrogen) atoms. The molecule has 0 spiro atoms. The molecule has 5 heteroatoms. The molecule has 2 heterocycles. The third-order valence-electron chi connectivity index (χ3n) is 2.65. The number of morpholine rings is 1. The predicted octanol–water partition coefficient (Wildman–Crippen LogP) is 1.54. The van der Waals surface area contributed by atoms with Crippen LogP contribution in [0.5, 0.6) is 0 Å². The van der Waals surface area contributed by atoms with Crippen LogP contribution in [0.1, 0.15) is 36.8 Å². The van der Waals surface area contributed by atoms with E-state index in [1.807, 2.05) is 0 Å². The van der Waals surface area contributed by atoms with Gasteiger partial charge in [-0.3, -0.25) is 0 Å². The molecule has 1 aliphatic rings. The van der Waals surface area contributed by atoms with Gasteiger partial charge in [-0.25, -0.2) is 0 Å². The summed E-state index contributed by atoms with van der Waals surface area (Å²) >= 11 is 1.68. The van der Waals surface area contributed by atoms with Gasteiger partial charge in [0.15, 0.2) is 0 Å². The second kappa shape index (κ2) is 4.15. The zero-order valence-corrected chi connectivity index (χ0v) is 10.2. The Bertz CT molecular complexity index is 337. The van der Waals surface area contributed by atoms with Crippen LogP contribution in [0.4, 0.5) is 0 Å². The highest BCUT2D eigenvalue weighted by Gasteiger charge is 2.36. The number of nitrogens with one attached hydrogen (secondary N) is 1. The minimum Gasteiger partial charge on any atom is -0.372 e. The van der Waals surface area contributed by atoms with Gasteiger partial charge in [0.2, 0.25) is 0 Å². The Hall–Kier alpha value is -0.520. The average Bonchev–Trinajstić information content (AvgIpc) is 2.65. The van der Waals surface area contributed by atoms with E-state index in [0.29, 0.717) is 0 Å². The molecule has 0 saturated carbocycles. The molecule has 1 saturated heterocycles. The minimum absolute atomic E-state index is 0.170. The quantitative estimate of drug-likeness (QED) is 0.832. The molecule has 0 bridgehead atoms. The number of aryl methyl sites for hydroxylation is 1. The van der Waals surface area contributed by atoms with Crippen molar-refractivity contribution in [3.8, 4) is 0 Å². The lowest BCUT2D eigenvalue weighted by Crippen LogP contribution is -2.48. The average molecular weight is 227 g/mol. The Labute approximate surface area is 94.1 Å². The van der Waals surface area contributed by atoms with Crippen molar-refractivity contribution in [2.75, 3.05) is 13.2 Å². The maximum atomic E-state index is 5.75. The summed E-state index contributed by atoms with van der Waals surface area (Å²) in [5.74, 6) is 0. The standard InChI is InChI=1S/C10H17N3OS/c1-4-7-12-13-9(15-7)8-10(2,3)14-6-5-11-8/h8,11H,4-6H2,1-3H3. The molecule has 1 fully saturated rings. The highest BCUT2D eigenvalue weighted by atomic mass is 32.1. The van der Waals surface area contributed by atoms with E-state index in [0.717, 1.165) is 29.6 Å². The summed E-state index contributed by atoms with van der Waals surface area (Å²) in [6, 6.07) is 0.170. The van der Waals surface area contributed by atoms with E-state index < -0.39 is 0 Å². The lowest BCUT2D eigenvalue weighted by molar-refractivity contribution is -0.0724. The van der Waals surface area contributed by atoms with Crippen molar-refractivity contribution in [1.82, 2.24) is 15.5 Å². The first-order valence-electron chi connectivity index (χ1n) is 5.33. The number of hydrogen-bond acceptors (Lipinski definition) is 5. The minimum atomic E-state index is -0.192. The third-order valence-corrected chi connectivity index (χ3v) is 3.78. The maximum Gasteiger partial charge on any atom is 0.137 e. The summed E-state index contributed by atoms with van der Waals surface area (Å²) in [5, 5.41) is 14.0. The van der Waals surface area contributed by atoms with Gasteiger partial charge in [-0.15, -0.1) is 10.2 Å². The molecule has 0 amide bonds. The zero-order valence-electron chi connectivity index (χ0n) is 9.41. The largest absolute Gasteiger partial charge is 0.372 e. The van der Waals surface area contributed by atoms with Gasteiger partial charge in [0, 0.05) is 6.54 Å². The van der Waals surface area contributed by atoms with Crippen molar-refractivity contribution in [1.29, 1.82) is 0 Å². The fourth-order valence-electron chi connectivity index (χ4n) is 1.76. The molecule has 0 radical (unpaired) electrons. The summed E-state index contributed by atoms with van der Waals surface area (Å²) in [6.45, 7) is 7.94. The van der Waals surface area contributed by atoms with Crippen LogP contribution in [0.25, 0.3) is 0 Å². The van der Waals surface area contributed by atoms with Gasteiger partial charge in [-0.05, 0) is 20.3 Å². The first kappa shape index (κ1) is 11.0. The molecule has 1 aromatic rings. The van der Waals surface area contributed by atoms with Gasteiger partial charge in [0.05, 0.1) is 18.2 Å². The number of nitrogens with zero attached hydrogens (tertiary/aromatic N) is 2. The van der Waals surface area contributed by atoms with Crippen molar-refractivity contribution in [2.24, 2.45) is 0 Å². The Morgan fingerprint density at radius 3 is 2.93 bits per heavy atom. The van der Waals surface area contributed by atoms with Crippen LogP contribution >= 0.6 is 11.3 Å². The molecule has 0 aromatic carbocycles. The van der Waals surface area contributed by atoms with E-state index in [2.05, 4.69) is 36.3 Å². The molecule has 84 valence electrons. The second-order valence-electron chi connectivity index (χ2n) is 4.23. The Morgan fingerprint density at radius 1 is 1.53 bits per heavy atom. The van der Waals surface area contributed by atoms with Gasteiger partial charge in [-0.1, -0.05) is 18.3 Å². The fraction of sp³-hybridized carbons (Fsp3) is 0.800. The van der Waals surface area contributed by atoms with Crippen molar-refractivity contribution in [2.45, 2.75) is 38.8 Å². The third kappa shape index (κ3) is 2.19. The van der Waals surface area contributed by atoms with E-state index in [4.69, 9.17) is 4.74 Å². The molecular formula is C10H17N3OS. The number of rotatable bonds is 2. The van der Waals surface area contributed by atoms with Crippen molar-refractivity contribution in [3.63, 3.8) is 0 Å². The second-order valence-corrected chi connectivity index (χ2v) is 5.32. The highest BCUT2D eigenvalue weighted by Crippen LogP contribution is 2.32. The molecule has 1 unspecified atom stereocenters. The molecule has 0 aliphatic carbocycles. The van der Waals surface area contributed by atoms with Gasteiger partial charge in [-0.2, -0.15) is 0 Å². The summed E-state index contributed by atoms with van der Waals surface area (Å²) in [6.07, 6.45) is 0.950. The monoisotopic (exact) mass is 227 g/mol. The van der Waals surface area contributed by atoms with Crippen LogP contribution in [0.15, 0.2) is 0 Å². The van der Waals surface area contributed by atoms with Crippen LogP contribution in [-0.4, -0.2) is 29.0 Å². The lowest BCUT2D eigenvalue weighted by atomic mass is 9.98. The van der Waals surface area contributed by atoms with Gasteiger partial charge in [0.1, 0.15) is 10.0 Å². The molecular weight excluding hydrogens is 210 g/mol. The van der Waals surface area contributed by atoms with E-state index in [9.17, 15) is 0 Å². The SMILES string of the molecule is CCc1nnc(C2NCCOC2(C)C)s1. The molecule has 1 atom stereocenters. The zero-order chi connectivity index (χ0) is 10.9. The molecule has 2 rings (SSSR count). The van der Waals surface area contributed by atoms with Crippen LogP contribution in [-0.2, 0) is 11.2 Å². The molecule has 1 aromatic heterocycles. The summed E-state index contributed by atoms with van der Waals surface area (Å²) in [7, 11) is 0. The topological polar surface area (TPSA) is 47.0 Å². The molecule has 4 nitrogen and oxygen atoms in total. The van der Waals surface area contributed by atoms with Gasteiger partial charge < -0.3 is 10.1 Å². The Morgan fingerprint density at radius 2 is 2.33 bits per heavy atom. The number of ether oxygens (including phenoxy) is 1. The summed E-state index contributed by atoms with van der Waals surface area (Å²) in [4.78, 5) is 0. The predicted molar refractivity (Wildman–Crippen MR) is 60.1 cm³/mol. The van der Waals surface area contributed by atoms with Crippen molar-refractivity contribution < 1.29 is 4.74 Å². The smallest absolute Gasteiger partial charge is 0.137 e. The number of hydrogen-bond donors (Lipinski definition) is 1. The normalized spacial score (nSPS) is 25.4. The van der Waals surface area contributed by atoms with Crippen LogP contribution < -0.4 is 5.32 Å². The summed E-state index contributed by atoms with van der Waals surface area (Å²) in [5.41, 5.74) is -0.192. The van der Waals surface area contributed by atoms with E-state index in [-0.39, 0.29) is 11.6 Å². The molecule has 1 aliphatic heterocycles. The number of aromatic nitrogens is 2. The Kier molecular flexibility index (Phi) is 3.04.